The third-order valence-corrected chi connectivity index (χ3v) is 4.24. The number of likely N-dealkylation sites (N-methyl/N-ethyl adjacent to an activating group) is 1. The topological polar surface area (TPSA) is 32.3 Å². The Morgan fingerprint density at radius 3 is 2.65 bits per heavy atom. The summed E-state index contributed by atoms with van der Waals surface area (Å²) in [7, 11) is 0. The highest BCUT2D eigenvalue weighted by Crippen LogP contribution is 2.16. The molecule has 3 nitrogen and oxygen atoms in total. The maximum Gasteiger partial charge on any atom is 0.251 e. The Hall–Kier alpha value is -1.35. The van der Waals surface area contributed by atoms with Crippen LogP contribution in [0.25, 0.3) is 0 Å². The number of benzene rings is 1. The van der Waals surface area contributed by atoms with Gasteiger partial charge in [-0.15, -0.1) is 0 Å². The molecule has 1 N–H and O–H groups in total. The van der Waals surface area contributed by atoms with Crippen molar-refractivity contribution in [1.29, 1.82) is 0 Å². The lowest BCUT2D eigenvalue weighted by Crippen LogP contribution is -2.40. The van der Waals surface area contributed by atoms with Crippen LogP contribution in [0.15, 0.2) is 24.3 Å². The number of carbonyl (C=O) groups excluding carboxylic acids is 1. The molecule has 1 aromatic carbocycles. The van der Waals surface area contributed by atoms with Crippen molar-refractivity contribution in [1.82, 2.24) is 10.2 Å². The van der Waals surface area contributed by atoms with E-state index in [1.807, 2.05) is 24.3 Å². The Bertz CT molecular complexity index is 439. The Kier molecular flexibility index (Phi) is 5.18. The molecule has 0 saturated carbocycles. The highest BCUT2D eigenvalue weighted by Gasteiger charge is 2.23. The summed E-state index contributed by atoms with van der Waals surface area (Å²) in [5.74, 6) is 0.548. The predicted molar refractivity (Wildman–Crippen MR) is 83.1 cm³/mol. The first-order valence-corrected chi connectivity index (χ1v) is 7.74. The molecule has 1 atom stereocenters. The van der Waals surface area contributed by atoms with Crippen molar-refractivity contribution in [2.24, 2.45) is 0 Å². The van der Waals surface area contributed by atoms with E-state index in [1.54, 1.807) is 0 Å². The summed E-state index contributed by atoms with van der Waals surface area (Å²) in [5, 5.41) is 3.07. The fourth-order valence-electron chi connectivity index (χ4n) is 2.87. The van der Waals surface area contributed by atoms with E-state index in [4.69, 9.17) is 0 Å². The summed E-state index contributed by atoms with van der Waals surface area (Å²) >= 11 is 0. The summed E-state index contributed by atoms with van der Waals surface area (Å²) in [5.41, 5.74) is 2.03. The first kappa shape index (κ1) is 15.0. The molecule has 1 saturated heterocycles. The van der Waals surface area contributed by atoms with Gasteiger partial charge in [-0.25, -0.2) is 0 Å². The molecule has 1 aromatic rings. The van der Waals surface area contributed by atoms with Crippen molar-refractivity contribution < 1.29 is 4.79 Å². The lowest BCUT2D eigenvalue weighted by Gasteiger charge is -2.22. The van der Waals surface area contributed by atoms with E-state index in [0.29, 0.717) is 12.0 Å². The third kappa shape index (κ3) is 3.60. The van der Waals surface area contributed by atoms with Gasteiger partial charge in [-0.05, 0) is 49.5 Å². The molecule has 1 heterocycles. The van der Waals surface area contributed by atoms with E-state index in [1.165, 1.54) is 24.9 Å². The molecular formula is C17H26N2O. The second-order valence-corrected chi connectivity index (χ2v) is 5.91. The molecule has 1 aliphatic rings. The number of nitrogens with one attached hydrogen (secondary N) is 1. The van der Waals surface area contributed by atoms with Crippen molar-refractivity contribution in [2.75, 3.05) is 19.6 Å². The number of likely N-dealkylation sites (tertiary alicyclic amines) is 1. The average molecular weight is 274 g/mol. The van der Waals surface area contributed by atoms with Crippen LogP contribution in [0.5, 0.6) is 0 Å². The van der Waals surface area contributed by atoms with Crippen molar-refractivity contribution in [3.63, 3.8) is 0 Å². The minimum atomic E-state index is 0.0447. The predicted octanol–water partition coefficient (Wildman–Crippen LogP) is 3.02. The van der Waals surface area contributed by atoms with Crippen LogP contribution in [-0.2, 0) is 0 Å². The van der Waals surface area contributed by atoms with E-state index in [2.05, 4.69) is 31.0 Å². The van der Waals surface area contributed by atoms with Crippen molar-refractivity contribution in [3.05, 3.63) is 35.4 Å². The van der Waals surface area contributed by atoms with Crippen LogP contribution in [0.2, 0.25) is 0 Å². The lowest BCUT2D eigenvalue weighted by atomic mass is 10.0. The number of rotatable bonds is 5. The Morgan fingerprint density at radius 2 is 2.05 bits per heavy atom. The lowest BCUT2D eigenvalue weighted by molar-refractivity contribution is 0.0941. The van der Waals surface area contributed by atoms with Gasteiger partial charge in [-0.3, -0.25) is 9.69 Å². The fraction of sp³-hybridized carbons (Fsp3) is 0.588. The third-order valence-electron chi connectivity index (χ3n) is 4.24. The van der Waals surface area contributed by atoms with Gasteiger partial charge in [0, 0.05) is 18.2 Å². The average Bonchev–Trinajstić information content (AvgIpc) is 2.92. The van der Waals surface area contributed by atoms with Gasteiger partial charge >= 0.3 is 0 Å². The summed E-state index contributed by atoms with van der Waals surface area (Å²) in [4.78, 5) is 14.6. The number of hydrogen-bond donors (Lipinski definition) is 1. The van der Waals surface area contributed by atoms with Crippen LogP contribution in [0.4, 0.5) is 0 Å². The molecule has 0 radical (unpaired) electrons. The van der Waals surface area contributed by atoms with Gasteiger partial charge in [-0.1, -0.05) is 32.9 Å². The normalized spacial score (nSPS) is 19.5. The number of hydrogen-bond acceptors (Lipinski definition) is 2. The summed E-state index contributed by atoms with van der Waals surface area (Å²) in [6, 6.07) is 8.47. The highest BCUT2D eigenvalue weighted by atomic mass is 16.1. The standard InChI is InChI=1S/C17H26N2O/c1-4-19-11-5-6-16(19)12-18-17(20)15-9-7-14(8-10-15)13(2)3/h7-10,13,16H,4-6,11-12H2,1-3H3,(H,18,20). The monoisotopic (exact) mass is 274 g/mol. The van der Waals surface area contributed by atoms with Gasteiger partial charge in [0.15, 0.2) is 0 Å². The largest absolute Gasteiger partial charge is 0.350 e. The molecule has 20 heavy (non-hydrogen) atoms. The molecule has 0 aromatic heterocycles. The Balaban J connectivity index is 1.88. The number of carbonyl (C=O) groups is 1. The van der Waals surface area contributed by atoms with E-state index < -0.39 is 0 Å². The molecule has 1 unspecified atom stereocenters. The van der Waals surface area contributed by atoms with Crippen LogP contribution in [0.1, 0.15) is 55.5 Å². The molecule has 0 bridgehead atoms. The van der Waals surface area contributed by atoms with Crippen molar-refractivity contribution >= 4 is 5.91 Å². The minimum Gasteiger partial charge on any atom is -0.350 e. The van der Waals surface area contributed by atoms with E-state index in [9.17, 15) is 4.79 Å². The van der Waals surface area contributed by atoms with Gasteiger partial charge in [0.25, 0.3) is 5.91 Å². The first-order valence-electron chi connectivity index (χ1n) is 7.74. The molecule has 1 amide bonds. The fourth-order valence-corrected chi connectivity index (χ4v) is 2.87. The number of amides is 1. The number of nitrogens with zero attached hydrogens (tertiary/aromatic N) is 1. The van der Waals surface area contributed by atoms with E-state index >= 15 is 0 Å². The SMILES string of the molecule is CCN1CCCC1CNC(=O)c1ccc(C(C)C)cc1. The summed E-state index contributed by atoms with van der Waals surface area (Å²) in [6.07, 6.45) is 2.44. The molecule has 0 spiro atoms. The van der Waals surface area contributed by atoms with Crippen LogP contribution >= 0.6 is 0 Å². The Morgan fingerprint density at radius 1 is 1.35 bits per heavy atom. The van der Waals surface area contributed by atoms with Crippen LogP contribution in [-0.4, -0.2) is 36.5 Å². The highest BCUT2D eigenvalue weighted by molar-refractivity contribution is 5.94. The molecule has 0 aliphatic carbocycles. The van der Waals surface area contributed by atoms with Crippen molar-refractivity contribution in [2.45, 2.75) is 45.6 Å². The van der Waals surface area contributed by atoms with Gasteiger partial charge in [0.05, 0.1) is 0 Å². The van der Waals surface area contributed by atoms with E-state index in [-0.39, 0.29) is 5.91 Å². The Labute approximate surface area is 122 Å². The van der Waals surface area contributed by atoms with Crippen molar-refractivity contribution in [3.8, 4) is 0 Å². The zero-order valence-electron chi connectivity index (χ0n) is 12.9. The smallest absolute Gasteiger partial charge is 0.251 e. The molecule has 1 aliphatic heterocycles. The zero-order chi connectivity index (χ0) is 14.5. The van der Waals surface area contributed by atoms with Gasteiger partial charge < -0.3 is 5.32 Å². The maximum atomic E-state index is 12.1. The first-order chi connectivity index (χ1) is 9.61. The summed E-state index contributed by atoms with van der Waals surface area (Å²) < 4.78 is 0. The second-order valence-electron chi connectivity index (χ2n) is 5.91. The van der Waals surface area contributed by atoms with E-state index in [0.717, 1.165) is 18.7 Å². The molecule has 2 rings (SSSR count). The zero-order valence-corrected chi connectivity index (χ0v) is 12.9. The second kappa shape index (κ2) is 6.89. The molecule has 110 valence electrons. The van der Waals surface area contributed by atoms with Gasteiger partial charge in [0.1, 0.15) is 0 Å². The molecule has 1 fully saturated rings. The molecular weight excluding hydrogens is 248 g/mol. The van der Waals surface area contributed by atoms with Gasteiger partial charge in [0.2, 0.25) is 0 Å². The quantitative estimate of drug-likeness (QED) is 0.895. The van der Waals surface area contributed by atoms with Gasteiger partial charge in [-0.2, -0.15) is 0 Å². The minimum absolute atomic E-state index is 0.0447. The molecule has 3 heteroatoms. The summed E-state index contributed by atoms with van der Waals surface area (Å²) in [6.45, 7) is 9.51. The van der Waals surface area contributed by atoms with Crippen LogP contribution in [0.3, 0.4) is 0 Å². The maximum absolute atomic E-state index is 12.1. The van der Waals surface area contributed by atoms with Crippen LogP contribution in [0, 0.1) is 0 Å². The van der Waals surface area contributed by atoms with Crippen LogP contribution < -0.4 is 5.32 Å².